The highest BCUT2D eigenvalue weighted by Crippen LogP contribution is 2.34. The van der Waals surface area contributed by atoms with E-state index >= 15 is 0 Å². The van der Waals surface area contributed by atoms with E-state index in [1.165, 1.54) is 44.6 Å². The fourth-order valence-electron chi connectivity index (χ4n) is 1.98. The molecular formula is C16H14ClF2NO4. The average molecular weight is 358 g/mol. The first-order valence-electron chi connectivity index (χ1n) is 6.73. The molecule has 0 atom stereocenters. The summed E-state index contributed by atoms with van der Waals surface area (Å²) >= 11 is 6.05. The van der Waals surface area contributed by atoms with E-state index < -0.39 is 12.5 Å². The van der Waals surface area contributed by atoms with Gasteiger partial charge in [0.05, 0.1) is 30.5 Å². The van der Waals surface area contributed by atoms with Gasteiger partial charge in [-0.1, -0.05) is 17.7 Å². The second-order valence-corrected chi connectivity index (χ2v) is 4.92. The Kier molecular flexibility index (Phi) is 5.81. The summed E-state index contributed by atoms with van der Waals surface area (Å²) in [6.45, 7) is -3.10. The van der Waals surface area contributed by atoms with Crippen LogP contribution in [0, 0.1) is 0 Å². The SMILES string of the molecule is COc1ccc(NC(=O)c2cccc(OC)c2OC(F)F)c(Cl)c1. The molecule has 1 amide bonds. The van der Waals surface area contributed by atoms with Crippen molar-refractivity contribution >= 4 is 23.2 Å². The van der Waals surface area contributed by atoms with E-state index in [0.29, 0.717) is 11.4 Å². The number of benzene rings is 2. The number of alkyl halides is 2. The van der Waals surface area contributed by atoms with Gasteiger partial charge >= 0.3 is 6.61 Å². The van der Waals surface area contributed by atoms with Gasteiger partial charge in [0.2, 0.25) is 0 Å². The quantitative estimate of drug-likeness (QED) is 0.841. The predicted octanol–water partition coefficient (Wildman–Crippen LogP) is 4.21. The lowest BCUT2D eigenvalue weighted by Crippen LogP contribution is -2.16. The molecule has 0 aliphatic carbocycles. The molecule has 0 spiro atoms. The molecule has 5 nitrogen and oxygen atoms in total. The molecule has 0 radical (unpaired) electrons. The van der Waals surface area contributed by atoms with E-state index in [4.69, 9.17) is 21.1 Å². The number of halogens is 3. The molecule has 0 fully saturated rings. The maximum absolute atomic E-state index is 12.6. The molecule has 0 bridgehead atoms. The van der Waals surface area contributed by atoms with Crippen LogP contribution in [0.3, 0.4) is 0 Å². The Morgan fingerprint density at radius 1 is 1.17 bits per heavy atom. The van der Waals surface area contributed by atoms with Crippen LogP contribution in [-0.2, 0) is 0 Å². The average Bonchev–Trinajstić information content (AvgIpc) is 2.56. The first-order chi connectivity index (χ1) is 11.5. The third-order valence-electron chi connectivity index (χ3n) is 3.07. The zero-order valence-corrected chi connectivity index (χ0v) is 13.6. The minimum atomic E-state index is -3.10. The Morgan fingerprint density at radius 2 is 1.92 bits per heavy atom. The second kappa shape index (κ2) is 7.83. The topological polar surface area (TPSA) is 56.8 Å². The van der Waals surface area contributed by atoms with Crippen LogP contribution in [-0.4, -0.2) is 26.7 Å². The summed E-state index contributed by atoms with van der Waals surface area (Å²) in [6, 6.07) is 8.89. The molecule has 0 aromatic heterocycles. The number of methoxy groups -OCH3 is 2. The number of ether oxygens (including phenoxy) is 3. The highest BCUT2D eigenvalue weighted by molar-refractivity contribution is 6.34. The van der Waals surface area contributed by atoms with Gasteiger partial charge in [0.25, 0.3) is 5.91 Å². The van der Waals surface area contributed by atoms with Crippen molar-refractivity contribution in [1.82, 2.24) is 0 Å². The summed E-state index contributed by atoms with van der Waals surface area (Å²) in [6.07, 6.45) is 0. The third-order valence-corrected chi connectivity index (χ3v) is 3.39. The van der Waals surface area contributed by atoms with Gasteiger partial charge in [0, 0.05) is 6.07 Å². The lowest BCUT2D eigenvalue weighted by atomic mass is 10.1. The van der Waals surface area contributed by atoms with Crippen LogP contribution in [0.5, 0.6) is 17.2 Å². The number of carbonyl (C=O) groups is 1. The van der Waals surface area contributed by atoms with Crippen LogP contribution >= 0.6 is 11.6 Å². The molecule has 0 heterocycles. The number of nitrogens with one attached hydrogen (secondary N) is 1. The van der Waals surface area contributed by atoms with Crippen LogP contribution < -0.4 is 19.5 Å². The molecule has 0 saturated carbocycles. The van der Waals surface area contributed by atoms with E-state index in [9.17, 15) is 13.6 Å². The van der Waals surface area contributed by atoms with Gasteiger partial charge in [-0.2, -0.15) is 8.78 Å². The van der Waals surface area contributed by atoms with Crippen molar-refractivity contribution in [2.75, 3.05) is 19.5 Å². The minimum Gasteiger partial charge on any atom is -0.497 e. The molecule has 2 aromatic rings. The zero-order chi connectivity index (χ0) is 17.7. The highest BCUT2D eigenvalue weighted by atomic mass is 35.5. The summed E-state index contributed by atoms with van der Waals surface area (Å²) in [5, 5.41) is 2.77. The first-order valence-corrected chi connectivity index (χ1v) is 7.10. The second-order valence-electron chi connectivity index (χ2n) is 4.52. The van der Waals surface area contributed by atoms with E-state index in [2.05, 4.69) is 10.1 Å². The van der Waals surface area contributed by atoms with Crippen molar-refractivity contribution in [3.05, 3.63) is 47.0 Å². The summed E-state index contributed by atoms with van der Waals surface area (Å²) in [4.78, 5) is 12.4. The molecule has 24 heavy (non-hydrogen) atoms. The fraction of sp³-hybridized carbons (Fsp3) is 0.188. The maximum Gasteiger partial charge on any atom is 0.387 e. The normalized spacial score (nSPS) is 10.4. The molecule has 0 saturated heterocycles. The van der Waals surface area contributed by atoms with Gasteiger partial charge in [-0.05, 0) is 24.3 Å². The number of hydrogen-bond acceptors (Lipinski definition) is 4. The first kappa shape index (κ1) is 17.8. The van der Waals surface area contributed by atoms with Crippen molar-refractivity contribution in [3.63, 3.8) is 0 Å². The van der Waals surface area contributed by atoms with Crippen LogP contribution in [0.25, 0.3) is 0 Å². The molecule has 0 aliphatic rings. The van der Waals surface area contributed by atoms with E-state index in [1.807, 2.05) is 0 Å². The lowest BCUT2D eigenvalue weighted by Gasteiger charge is -2.15. The Morgan fingerprint density at radius 3 is 2.50 bits per heavy atom. The fourth-order valence-corrected chi connectivity index (χ4v) is 2.20. The van der Waals surface area contributed by atoms with Crippen molar-refractivity contribution < 1.29 is 27.8 Å². The largest absolute Gasteiger partial charge is 0.497 e. The number of rotatable bonds is 6. The lowest BCUT2D eigenvalue weighted by molar-refractivity contribution is -0.0515. The van der Waals surface area contributed by atoms with Gasteiger partial charge in [0.1, 0.15) is 5.75 Å². The standard InChI is InChI=1S/C16H14ClF2NO4/c1-22-9-6-7-12(11(17)8-9)20-15(21)10-4-3-5-13(23-2)14(10)24-16(18)19/h3-8,16H,1-2H3,(H,20,21). The number of hydrogen-bond donors (Lipinski definition) is 1. The van der Waals surface area contributed by atoms with Crippen LogP contribution in [0.2, 0.25) is 5.02 Å². The van der Waals surface area contributed by atoms with Crippen LogP contribution in [0.4, 0.5) is 14.5 Å². The number of carbonyl (C=O) groups excluding carboxylic acids is 1. The van der Waals surface area contributed by atoms with Crippen molar-refractivity contribution in [1.29, 1.82) is 0 Å². The van der Waals surface area contributed by atoms with Gasteiger partial charge in [-0.25, -0.2) is 0 Å². The summed E-state index contributed by atoms with van der Waals surface area (Å²) < 4.78 is 39.6. The van der Waals surface area contributed by atoms with E-state index in [-0.39, 0.29) is 22.1 Å². The zero-order valence-electron chi connectivity index (χ0n) is 12.8. The number of para-hydroxylation sites is 1. The molecular weight excluding hydrogens is 344 g/mol. The summed E-state index contributed by atoms with van der Waals surface area (Å²) in [7, 11) is 2.77. The van der Waals surface area contributed by atoms with Crippen molar-refractivity contribution in [3.8, 4) is 17.2 Å². The molecule has 8 heteroatoms. The number of anilines is 1. The molecule has 2 rings (SSSR count). The summed E-state index contributed by atoms with van der Waals surface area (Å²) in [5.41, 5.74) is 0.190. The third kappa shape index (κ3) is 4.05. The Labute approximate surface area is 142 Å². The van der Waals surface area contributed by atoms with Crippen molar-refractivity contribution in [2.45, 2.75) is 6.61 Å². The Hall–Kier alpha value is -2.54. The molecule has 0 aliphatic heterocycles. The molecule has 2 aromatic carbocycles. The maximum atomic E-state index is 12.6. The summed E-state index contributed by atoms with van der Waals surface area (Å²) in [5.74, 6) is -0.487. The van der Waals surface area contributed by atoms with Gasteiger partial charge in [-0.15, -0.1) is 0 Å². The Bertz CT molecular complexity index is 740. The number of amides is 1. The van der Waals surface area contributed by atoms with E-state index in [0.717, 1.165) is 0 Å². The van der Waals surface area contributed by atoms with E-state index in [1.54, 1.807) is 6.07 Å². The highest BCUT2D eigenvalue weighted by Gasteiger charge is 2.21. The minimum absolute atomic E-state index is 0.0174. The monoisotopic (exact) mass is 357 g/mol. The van der Waals surface area contributed by atoms with Crippen LogP contribution in [0.15, 0.2) is 36.4 Å². The molecule has 0 unspecified atom stereocenters. The van der Waals surface area contributed by atoms with Crippen LogP contribution in [0.1, 0.15) is 10.4 Å². The smallest absolute Gasteiger partial charge is 0.387 e. The predicted molar refractivity (Wildman–Crippen MR) is 85.6 cm³/mol. The Balaban J connectivity index is 2.33. The molecule has 128 valence electrons. The van der Waals surface area contributed by atoms with Gasteiger partial charge in [0.15, 0.2) is 11.5 Å². The molecule has 1 N–H and O–H groups in total. The van der Waals surface area contributed by atoms with Crippen molar-refractivity contribution in [2.24, 2.45) is 0 Å². The van der Waals surface area contributed by atoms with Gasteiger partial charge < -0.3 is 19.5 Å². The van der Waals surface area contributed by atoms with Gasteiger partial charge in [-0.3, -0.25) is 4.79 Å².